The Morgan fingerprint density at radius 1 is 0.500 bits per heavy atom. The minimum absolute atomic E-state index is 0.243. The predicted molar refractivity (Wildman–Crippen MR) is 84.0 cm³/mol. The van der Waals surface area contributed by atoms with Gasteiger partial charge in [-0.3, -0.25) is 0 Å². The van der Waals surface area contributed by atoms with Crippen molar-refractivity contribution in [2.45, 2.75) is 0 Å². The maximum absolute atomic E-state index is 10.1. The molecular formula is C18H14O4. The van der Waals surface area contributed by atoms with E-state index in [0.717, 1.165) is 11.1 Å². The van der Waals surface area contributed by atoms with Crippen molar-refractivity contribution in [2.75, 3.05) is 0 Å². The summed E-state index contributed by atoms with van der Waals surface area (Å²) in [5.41, 5.74) is 2.65. The Kier molecular flexibility index (Phi) is 3.35. The van der Waals surface area contributed by atoms with Gasteiger partial charge in [0.1, 0.15) is 0 Å². The molecule has 0 spiro atoms. The van der Waals surface area contributed by atoms with Crippen LogP contribution in [0.3, 0.4) is 0 Å². The molecule has 4 nitrogen and oxygen atoms in total. The van der Waals surface area contributed by atoms with E-state index in [1.807, 2.05) is 42.5 Å². The average Bonchev–Trinajstić information content (AvgIpc) is 2.57. The average molecular weight is 294 g/mol. The number of hydrogen-bond acceptors (Lipinski definition) is 4. The third-order valence-electron chi connectivity index (χ3n) is 3.53. The molecule has 110 valence electrons. The Bertz CT molecular complexity index is 826. The Hall–Kier alpha value is -3.14. The molecule has 0 heterocycles. The predicted octanol–water partition coefficient (Wildman–Crippen LogP) is 3.84. The Morgan fingerprint density at radius 2 is 1.09 bits per heavy atom. The molecule has 4 heteroatoms. The lowest BCUT2D eigenvalue weighted by Crippen LogP contribution is -1.86. The quantitative estimate of drug-likeness (QED) is 0.427. The molecule has 0 aliphatic rings. The minimum atomic E-state index is -0.738. The van der Waals surface area contributed by atoms with E-state index in [1.54, 1.807) is 12.1 Å². The Balaban J connectivity index is 2.27. The first kappa shape index (κ1) is 13.8. The first-order chi connectivity index (χ1) is 10.6. The summed E-state index contributed by atoms with van der Waals surface area (Å²) >= 11 is 0. The van der Waals surface area contributed by atoms with Crippen LogP contribution in [0.1, 0.15) is 0 Å². The highest BCUT2D eigenvalue weighted by molar-refractivity contribution is 5.88. The smallest absolute Gasteiger partial charge is 0.204 e. The zero-order valence-electron chi connectivity index (χ0n) is 11.6. The molecule has 0 aliphatic heterocycles. The van der Waals surface area contributed by atoms with Crippen LogP contribution in [0.25, 0.3) is 22.3 Å². The lowest BCUT2D eigenvalue weighted by Gasteiger charge is -2.13. The molecule has 0 atom stereocenters. The molecule has 0 fully saturated rings. The highest BCUT2D eigenvalue weighted by atomic mass is 16.3. The molecule has 0 aliphatic carbocycles. The number of hydrogen-bond donors (Lipinski definition) is 4. The molecule has 0 aromatic heterocycles. The molecule has 0 bridgehead atoms. The highest BCUT2D eigenvalue weighted by Crippen LogP contribution is 2.49. The van der Waals surface area contributed by atoms with Crippen molar-refractivity contribution < 1.29 is 20.4 Å². The first-order valence-corrected chi connectivity index (χ1v) is 6.71. The number of aromatic hydroxyl groups is 4. The van der Waals surface area contributed by atoms with Crippen molar-refractivity contribution >= 4 is 0 Å². The van der Waals surface area contributed by atoms with Crippen LogP contribution in [0.5, 0.6) is 23.0 Å². The second kappa shape index (κ2) is 5.33. The second-order valence-electron chi connectivity index (χ2n) is 4.90. The number of benzene rings is 3. The van der Waals surface area contributed by atoms with Gasteiger partial charge >= 0.3 is 0 Å². The van der Waals surface area contributed by atoms with Crippen LogP contribution in [0.15, 0.2) is 60.7 Å². The fourth-order valence-electron chi connectivity index (χ4n) is 2.43. The van der Waals surface area contributed by atoms with Gasteiger partial charge in [-0.15, -0.1) is 0 Å². The fraction of sp³-hybridized carbons (Fsp3) is 0. The molecular weight excluding hydrogens is 280 g/mol. The lowest BCUT2D eigenvalue weighted by molar-refractivity contribution is 0.347. The summed E-state index contributed by atoms with van der Waals surface area (Å²) in [6.07, 6.45) is 0. The summed E-state index contributed by atoms with van der Waals surface area (Å²) in [4.78, 5) is 0. The summed E-state index contributed by atoms with van der Waals surface area (Å²) in [5, 5.41) is 39.0. The molecule has 0 amide bonds. The first-order valence-electron chi connectivity index (χ1n) is 6.71. The van der Waals surface area contributed by atoms with Gasteiger partial charge in [0, 0.05) is 5.56 Å². The van der Waals surface area contributed by atoms with E-state index in [0.29, 0.717) is 5.56 Å². The van der Waals surface area contributed by atoms with Gasteiger partial charge < -0.3 is 20.4 Å². The molecule has 0 unspecified atom stereocenters. The van der Waals surface area contributed by atoms with Crippen LogP contribution in [-0.2, 0) is 0 Å². The van der Waals surface area contributed by atoms with Crippen LogP contribution in [0.4, 0.5) is 0 Å². The monoisotopic (exact) mass is 294 g/mol. The van der Waals surface area contributed by atoms with E-state index in [9.17, 15) is 20.4 Å². The summed E-state index contributed by atoms with van der Waals surface area (Å²) in [5.74, 6) is -2.44. The van der Waals surface area contributed by atoms with E-state index in [1.165, 1.54) is 6.07 Å². The minimum Gasteiger partial charge on any atom is -0.504 e. The van der Waals surface area contributed by atoms with E-state index in [4.69, 9.17) is 0 Å². The van der Waals surface area contributed by atoms with Gasteiger partial charge in [0.25, 0.3) is 0 Å². The zero-order chi connectivity index (χ0) is 15.7. The fourth-order valence-corrected chi connectivity index (χ4v) is 2.43. The highest BCUT2D eigenvalue weighted by Gasteiger charge is 2.19. The van der Waals surface area contributed by atoms with Crippen LogP contribution in [0, 0.1) is 0 Å². The maximum Gasteiger partial charge on any atom is 0.204 e. The molecule has 22 heavy (non-hydrogen) atoms. The zero-order valence-corrected chi connectivity index (χ0v) is 11.6. The summed E-state index contributed by atoms with van der Waals surface area (Å²) < 4.78 is 0. The van der Waals surface area contributed by atoms with E-state index >= 15 is 0 Å². The molecule has 3 rings (SSSR count). The SMILES string of the molecule is Oc1cc(-c2ccccc2-c2ccccc2)c(O)c(O)c1O. The van der Waals surface area contributed by atoms with Gasteiger partial charge in [-0.05, 0) is 22.8 Å². The van der Waals surface area contributed by atoms with E-state index < -0.39 is 23.0 Å². The molecule has 0 saturated heterocycles. The molecule has 0 saturated carbocycles. The number of phenolic OH excluding ortho intramolecular Hbond substituents is 4. The van der Waals surface area contributed by atoms with Gasteiger partial charge in [-0.2, -0.15) is 0 Å². The standard InChI is InChI=1S/C18H14O4/c19-15-10-14(16(20)18(22)17(15)21)13-9-5-4-8-12(13)11-6-2-1-3-7-11/h1-10,19-22H. The number of phenols is 4. The van der Waals surface area contributed by atoms with Gasteiger partial charge in [-0.1, -0.05) is 54.6 Å². The third-order valence-corrected chi connectivity index (χ3v) is 3.53. The van der Waals surface area contributed by atoms with Gasteiger partial charge in [0.05, 0.1) is 0 Å². The van der Waals surface area contributed by atoms with Crippen LogP contribution >= 0.6 is 0 Å². The summed E-state index contributed by atoms with van der Waals surface area (Å²) in [7, 11) is 0. The van der Waals surface area contributed by atoms with Crippen molar-refractivity contribution in [1.82, 2.24) is 0 Å². The molecule has 0 radical (unpaired) electrons. The van der Waals surface area contributed by atoms with Crippen molar-refractivity contribution in [3.8, 4) is 45.3 Å². The van der Waals surface area contributed by atoms with Crippen LogP contribution in [-0.4, -0.2) is 20.4 Å². The number of rotatable bonds is 2. The summed E-state index contributed by atoms with van der Waals surface area (Å²) in [6.45, 7) is 0. The maximum atomic E-state index is 10.1. The largest absolute Gasteiger partial charge is 0.504 e. The van der Waals surface area contributed by atoms with E-state index in [-0.39, 0.29) is 5.56 Å². The second-order valence-corrected chi connectivity index (χ2v) is 4.90. The van der Waals surface area contributed by atoms with Crippen molar-refractivity contribution in [3.63, 3.8) is 0 Å². The van der Waals surface area contributed by atoms with Crippen LogP contribution in [0.2, 0.25) is 0 Å². The molecule has 3 aromatic carbocycles. The lowest BCUT2D eigenvalue weighted by atomic mass is 9.93. The van der Waals surface area contributed by atoms with E-state index in [2.05, 4.69) is 0 Å². The normalized spacial score (nSPS) is 10.5. The van der Waals surface area contributed by atoms with Gasteiger partial charge in [-0.25, -0.2) is 0 Å². The summed E-state index contributed by atoms with van der Waals surface area (Å²) in [6, 6.07) is 18.1. The Labute approximate surface area is 127 Å². The van der Waals surface area contributed by atoms with Crippen molar-refractivity contribution in [3.05, 3.63) is 60.7 Å². The van der Waals surface area contributed by atoms with Gasteiger partial charge in [0.2, 0.25) is 11.5 Å². The Morgan fingerprint density at radius 3 is 1.77 bits per heavy atom. The third kappa shape index (κ3) is 2.20. The molecule has 4 N–H and O–H groups in total. The topological polar surface area (TPSA) is 80.9 Å². The van der Waals surface area contributed by atoms with Crippen LogP contribution < -0.4 is 0 Å². The van der Waals surface area contributed by atoms with Crippen molar-refractivity contribution in [1.29, 1.82) is 0 Å². The van der Waals surface area contributed by atoms with Crippen molar-refractivity contribution in [2.24, 2.45) is 0 Å². The van der Waals surface area contributed by atoms with Gasteiger partial charge in [0.15, 0.2) is 11.5 Å². The molecule has 3 aromatic rings.